The van der Waals surface area contributed by atoms with Crippen molar-refractivity contribution >= 4 is 27.3 Å². The average molecular weight is 214 g/mol. The maximum Gasteiger partial charge on any atom is 0.0774 e. The second-order valence-electron chi connectivity index (χ2n) is 2.40. The van der Waals surface area contributed by atoms with Gasteiger partial charge in [-0.25, -0.2) is 0 Å². The van der Waals surface area contributed by atoms with Gasteiger partial charge in [-0.2, -0.15) is 0 Å². The lowest BCUT2D eigenvalue weighted by atomic mass is 10.3. The minimum absolute atomic E-state index is 0.963. The van der Waals surface area contributed by atoms with Crippen molar-refractivity contribution in [2.24, 2.45) is 0 Å². The molecule has 0 saturated carbocycles. The van der Waals surface area contributed by atoms with E-state index >= 15 is 0 Å². The molecule has 0 bridgehead atoms. The van der Waals surface area contributed by atoms with Crippen LogP contribution in [0.15, 0.2) is 16.9 Å². The third kappa shape index (κ3) is 1.18. The maximum atomic E-state index is 4.05. The molecule has 0 saturated heterocycles. The second kappa shape index (κ2) is 2.70. The van der Waals surface area contributed by atoms with E-state index in [1.165, 1.54) is 0 Å². The molecule has 2 heterocycles. The number of hydrogen-bond acceptors (Lipinski definition) is 3. The molecule has 0 unspecified atom stereocenters. The van der Waals surface area contributed by atoms with E-state index < -0.39 is 0 Å². The summed E-state index contributed by atoms with van der Waals surface area (Å²) < 4.78 is 1.02. The lowest BCUT2D eigenvalue weighted by molar-refractivity contribution is 1.03. The molecule has 1 aromatic rings. The van der Waals surface area contributed by atoms with E-state index in [-0.39, 0.29) is 0 Å². The van der Waals surface area contributed by atoms with Crippen LogP contribution in [-0.4, -0.2) is 18.1 Å². The smallest absolute Gasteiger partial charge is 0.0774 e. The van der Waals surface area contributed by atoms with Crippen LogP contribution in [0, 0.1) is 0 Å². The SMILES string of the molecule is Brc1cncc2c1NCCN2. The molecule has 0 amide bonds. The van der Waals surface area contributed by atoms with Gasteiger partial charge in [-0.15, -0.1) is 0 Å². The van der Waals surface area contributed by atoms with E-state index in [0.717, 1.165) is 28.9 Å². The van der Waals surface area contributed by atoms with Crippen LogP contribution in [0.4, 0.5) is 11.4 Å². The van der Waals surface area contributed by atoms with Gasteiger partial charge in [-0.3, -0.25) is 4.98 Å². The van der Waals surface area contributed by atoms with Crippen LogP contribution < -0.4 is 10.6 Å². The summed E-state index contributed by atoms with van der Waals surface area (Å²) in [6.07, 6.45) is 3.62. The number of fused-ring (bicyclic) bond motifs is 1. The predicted octanol–water partition coefficient (Wildman–Crippen LogP) is 1.68. The number of pyridine rings is 1. The Morgan fingerprint density at radius 2 is 2.09 bits per heavy atom. The summed E-state index contributed by atoms with van der Waals surface area (Å²) in [5.41, 5.74) is 2.19. The zero-order valence-corrected chi connectivity index (χ0v) is 7.48. The summed E-state index contributed by atoms with van der Waals surface area (Å²) in [6, 6.07) is 0. The third-order valence-electron chi connectivity index (χ3n) is 1.64. The molecule has 0 aromatic carbocycles. The minimum atomic E-state index is 0.963. The number of rotatable bonds is 0. The van der Waals surface area contributed by atoms with Crippen LogP contribution in [-0.2, 0) is 0 Å². The topological polar surface area (TPSA) is 37.0 Å². The van der Waals surface area contributed by atoms with Gasteiger partial charge in [0.05, 0.1) is 22.0 Å². The Morgan fingerprint density at radius 3 is 2.91 bits per heavy atom. The molecule has 4 heteroatoms. The number of halogens is 1. The zero-order valence-electron chi connectivity index (χ0n) is 5.89. The Kier molecular flexibility index (Phi) is 1.69. The van der Waals surface area contributed by atoms with Gasteiger partial charge >= 0.3 is 0 Å². The molecule has 3 nitrogen and oxygen atoms in total. The Hall–Kier alpha value is -0.770. The molecule has 1 aliphatic heterocycles. The van der Waals surface area contributed by atoms with Crippen molar-refractivity contribution in [1.29, 1.82) is 0 Å². The first kappa shape index (κ1) is 6.91. The van der Waals surface area contributed by atoms with Crippen LogP contribution >= 0.6 is 15.9 Å². The van der Waals surface area contributed by atoms with Crippen molar-refractivity contribution < 1.29 is 0 Å². The fourth-order valence-corrected chi connectivity index (χ4v) is 1.61. The highest BCUT2D eigenvalue weighted by atomic mass is 79.9. The summed E-state index contributed by atoms with van der Waals surface area (Å²) in [5.74, 6) is 0. The molecule has 0 radical (unpaired) electrons. The van der Waals surface area contributed by atoms with Crippen LogP contribution in [0.5, 0.6) is 0 Å². The lowest BCUT2D eigenvalue weighted by Crippen LogP contribution is -2.20. The molecule has 1 aromatic heterocycles. The first-order valence-electron chi connectivity index (χ1n) is 3.49. The van der Waals surface area contributed by atoms with Gasteiger partial charge in [0.1, 0.15) is 0 Å². The molecule has 2 N–H and O–H groups in total. The summed E-state index contributed by atoms with van der Waals surface area (Å²) in [4.78, 5) is 4.05. The van der Waals surface area contributed by atoms with Gasteiger partial charge in [0.2, 0.25) is 0 Å². The fraction of sp³-hybridized carbons (Fsp3) is 0.286. The normalized spacial score (nSPS) is 14.6. The van der Waals surface area contributed by atoms with Crippen molar-refractivity contribution in [1.82, 2.24) is 4.98 Å². The van der Waals surface area contributed by atoms with Crippen molar-refractivity contribution in [2.45, 2.75) is 0 Å². The van der Waals surface area contributed by atoms with Crippen molar-refractivity contribution in [2.75, 3.05) is 23.7 Å². The van der Waals surface area contributed by atoms with Gasteiger partial charge < -0.3 is 10.6 Å². The highest BCUT2D eigenvalue weighted by molar-refractivity contribution is 9.10. The number of nitrogens with zero attached hydrogens (tertiary/aromatic N) is 1. The van der Waals surface area contributed by atoms with E-state index in [9.17, 15) is 0 Å². The fourth-order valence-electron chi connectivity index (χ4n) is 1.13. The van der Waals surface area contributed by atoms with Gasteiger partial charge in [-0.1, -0.05) is 0 Å². The first-order valence-corrected chi connectivity index (χ1v) is 4.28. The molecule has 0 fully saturated rings. The number of aromatic nitrogens is 1. The highest BCUT2D eigenvalue weighted by Crippen LogP contribution is 2.30. The number of nitrogens with one attached hydrogen (secondary N) is 2. The summed E-state index contributed by atoms with van der Waals surface area (Å²) in [5, 5.41) is 6.53. The third-order valence-corrected chi connectivity index (χ3v) is 2.24. The minimum Gasteiger partial charge on any atom is -0.381 e. The predicted molar refractivity (Wildman–Crippen MR) is 48.9 cm³/mol. The summed E-state index contributed by atoms with van der Waals surface area (Å²) in [6.45, 7) is 1.93. The molecule has 58 valence electrons. The lowest BCUT2D eigenvalue weighted by Gasteiger charge is -2.19. The van der Waals surface area contributed by atoms with Crippen LogP contribution in [0.1, 0.15) is 0 Å². The number of anilines is 2. The Bertz CT molecular complexity index is 274. The molecule has 0 aliphatic carbocycles. The van der Waals surface area contributed by atoms with Crippen LogP contribution in [0.25, 0.3) is 0 Å². The highest BCUT2D eigenvalue weighted by Gasteiger charge is 2.09. The van der Waals surface area contributed by atoms with Crippen LogP contribution in [0.2, 0.25) is 0 Å². The van der Waals surface area contributed by atoms with Crippen molar-refractivity contribution in [3.05, 3.63) is 16.9 Å². The quantitative estimate of drug-likeness (QED) is 0.689. The van der Waals surface area contributed by atoms with Crippen molar-refractivity contribution in [3.63, 3.8) is 0 Å². The Balaban J connectivity index is 2.49. The molecule has 2 rings (SSSR count). The van der Waals surface area contributed by atoms with E-state index in [1.54, 1.807) is 6.20 Å². The molecule has 11 heavy (non-hydrogen) atoms. The van der Waals surface area contributed by atoms with E-state index in [4.69, 9.17) is 0 Å². The van der Waals surface area contributed by atoms with Gasteiger partial charge in [0.25, 0.3) is 0 Å². The molecular formula is C7H8BrN3. The Morgan fingerprint density at radius 1 is 1.27 bits per heavy atom. The molecule has 0 atom stereocenters. The van der Waals surface area contributed by atoms with Gasteiger partial charge in [0, 0.05) is 19.3 Å². The number of hydrogen-bond donors (Lipinski definition) is 2. The van der Waals surface area contributed by atoms with Crippen molar-refractivity contribution in [3.8, 4) is 0 Å². The average Bonchev–Trinajstić information content (AvgIpc) is 2.06. The Labute approximate surface area is 73.3 Å². The molecular weight excluding hydrogens is 206 g/mol. The van der Waals surface area contributed by atoms with E-state index in [1.807, 2.05) is 6.20 Å². The molecule has 1 aliphatic rings. The zero-order chi connectivity index (χ0) is 7.68. The molecule has 0 spiro atoms. The largest absolute Gasteiger partial charge is 0.381 e. The maximum absolute atomic E-state index is 4.05. The standard InChI is InChI=1S/C7H8BrN3/c8-5-3-9-4-6-7(5)11-2-1-10-6/h3-4,10-11H,1-2H2. The summed E-state index contributed by atoms with van der Waals surface area (Å²) >= 11 is 3.42. The van der Waals surface area contributed by atoms with Gasteiger partial charge in [0.15, 0.2) is 0 Å². The van der Waals surface area contributed by atoms with E-state index in [0.29, 0.717) is 0 Å². The van der Waals surface area contributed by atoms with Gasteiger partial charge in [-0.05, 0) is 15.9 Å². The van der Waals surface area contributed by atoms with E-state index in [2.05, 4.69) is 31.5 Å². The van der Waals surface area contributed by atoms with Crippen LogP contribution in [0.3, 0.4) is 0 Å². The summed E-state index contributed by atoms with van der Waals surface area (Å²) in [7, 11) is 0. The first-order chi connectivity index (χ1) is 5.38. The monoisotopic (exact) mass is 213 g/mol. The second-order valence-corrected chi connectivity index (χ2v) is 3.25.